The highest BCUT2D eigenvalue weighted by Gasteiger charge is 2.80. The molecule has 9 rings (SSSR count). The summed E-state index contributed by atoms with van der Waals surface area (Å²) in [6, 6.07) is 10.9. The monoisotopic (exact) mass is 951 g/mol. The molecular formula is C48H65N5O13S. The Morgan fingerprint density at radius 1 is 0.940 bits per heavy atom. The van der Waals surface area contributed by atoms with Crippen LogP contribution in [0.15, 0.2) is 48.6 Å². The molecule has 5 aliphatic heterocycles. The van der Waals surface area contributed by atoms with Crippen molar-refractivity contribution in [3.8, 4) is 5.75 Å². The number of aromatic nitrogens is 1. The maximum Gasteiger partial charge on any atom is 0.394 e. The van der Waals surface area contributed by atoms with Gasteiger partial charge in [-0.2, -0.15) is 8.42 Å². The minimum absolute atomic E-state index is 0.0438. The Labute approximate surface area is 391 Å². The number of aromatic amines is 1. The van der Waals surface area contributed by atoms with Gasteiger partial charge in [-0.15, -0.1) is 0 Å². The highest BCUT2D eigenvalue weighted by atomic mass is 32.3. The van der Waals surface area contributed by atoms with Crippen molar-refractivity contribution >= 4 is 44.9 Å². The second kappa shape index (κ2) is 17.4. The van der Waals surface area contributed by atoms with Crippen LogP contribution in [0.2, 0.25) is 0 Å². The van der Waals surface area contributed by atoms with Gasteiger partial charge in [0.1, 0.15) is 11.2 Å². The van der Waals surface area contributed by atoms with Gasteiger partial charge in [0.05, 0.1) is 39.5 Å². The lowest BCUT2D eigenvalue weighted by atomic mass is 9.47. The zero-order chi connectivity index (χ0) is 48.6. The third-order valence-electron chi connectivity index (χ3n) is 16.0. The maximum absolute atomic E-state index is 15.4. The third kappa shape index (κ3) is 7.55. The van der Waals surface area contributed by atoms with Gasteiger partial charge in [-0.25, -0.2) is 4.79 Å². The Hall–Kier alpha value is -4.60. The van der Waals surface area contributed by atoms with Gasteiger partial charge < -0.3 is 39.0 Å². The predicted molar refractivity (Wildman–Crippen MR) is 247 cm³/mol. The molecular weight excluding hydrogens is 887 g/mol. The number of carbonyl (C=O) groups is 3. The van der Waals surface area contributed by atoms with Crippen LogP contribution in [0.4, 0.5) is 5.69 Å². The maximum atomic E-state index is 15.4. The molecule has 0 amide bonds. The minimum Gasteiger partial charge on any atom is -0.496 e. The molecule has 3 aromatic rings. The number of esters is 3. The zero-order valence-electron chi connectivity index (χ0n) is 39.6. The molecule has 1 aliphatic carbocycles. The Morgan fingerprint density at radius 2 is 1.64 bits per heavy atom. The molecule has 2 saturated heterocycles. The molecule has 5 N–H and O–H groups in total. The van der Waals surface area contributed by atoms with E-state index in [1.54, 1.807) is 26.1 Å². The first-order valence-electron chi connectivity index (χ1n) is 23.0. The minimum atomic E-state index is -4.67. The molecule has 10 atom stereocenters. The Bertz CT molecular complexity index is 2580. The fourth-order valence-corrected chi connectivity index (χ4v) is 13.8. The fraction of sp³-hybridized carbons (Fsp3) is 0.604. The molecule has 6 heterocycles. The number of aliphatic hydroxyl groups is 2. The summed E-state index contributed by atoms with van der Waals surface area (Å²) < 4.78 is 55.9. The van der Waals surface area contributed by atoms with Crippen molar-refractivity contribution in [2.45, 2.75) is 92.6 Å². The van der Waals surface area contributed by atoms with E-state index in [-0.39, 0.29) is 18.5 Å². The standard InChI is InChI=1S/C48H63N5O9.H2O4S/c1-9-44(57)24-29-25-47(42(55)60-7,38-31(16-20-52(26-29)28-44)30-14-11-12-15-34(30)49-38)33-22-32-35(23-36(33)59-6)51(5)40-46(32)18-21-53-19-13-17-45(10-2,39(46)53)41(48(40,58)43(56)61-8)62-37(54)27-50(3)4;1-5(2,3)4/h11-15,17,22-23,29,39-41,49,57-58H,9-10,16,18-21,24-28H2,1-8H3;(H2,1,2,3,4)/t29-,39+,40-,41-,44+,45-,46-,47+,48+;/m1./s1. The molecule has 0 unspecified atom stereocenters. The van der Waals surface area contributed by atoms with Crippen LogP contribution in [0.1, 0.15) is 68.3 Å². The van der Waals surface area contributed by atoms with E-state index >= 15 is 4.79 Å². The molecule has 1 aromatic heterocycles. The van der Waals surface area contributed by atoms with Crippen molar-refractivity contribution < 1.29 is 61.1 Å². The molecule has 0 radical (unpaired) electrons. The van der Waals surface area contributed by atoms with E-state index in [0.717, 1.165) is 33.4 Å². The number of piperidine rings is 1. The summed E-state index contributed by atoms with van der Waals surface area (Å²) in [6.07, 6.45) is 5.90. The third-order valence-corrected chi connectivity index (χ3v) is 16.0. The van der Waals surface area contributed by atoms with Crippen LogP contribution in [-0.4, -0.2) is 176 Å². The molecule has 366 valence electrons. The number of nitrogens with one attached hydrogen (secondary N) is 1. The second-order valence-electron chi connectivity index (χ2n) is 19.8. The van der Waals surface area contributed by atoms with Crippen LogP contribution < -0.4 is 9.64 Å². The van der Waals surface area contributed by atoms with E-state index < -0.39 is 67.9 Å². The highest BCUT2D eigenvalue weighted by molar-refractivity contribution is 7.79. The normalized spacial score (nSPS) is 34.0. The lowest BCUT2D eigenvalue weighted by Gasteiger charge is -2.63. The number of anilines is 1. The lowest BCUT2D eigenvalue weighted by Crippen LogP contribution is -2.81. The number of carbonyl (C=O) groups excluding carboxylic acids is 3. The van der Waals surface area contributed by atoms with Gasteiger partial charge in [0.15, 0.2) is 6.10 Å². The summed E-state index contributed by atoms with van der Waals surface area (Å²) in [5.41, 5.74) is -1.74. The number of ether oxygens (including phenoxy) is 4. The van der Waals surface area contributed by atoms with Crippen LogP contribution >= 0.6 is 0 Å². The first-order chi connectivity index (χ1) is 31.6. The summed E-state index contributed by atoms with van der Waals surface area (Å²) in [4.78, 5) is 56.0. The van der Waals surface area contributed by atoms with E-state index in [2.05, 4.69) is 39.1 Å². The number of hydrogen-bond donors (Lipinski definition) is 5. The first-order valence-corrected chi connectivity index (χ1v) is 24.4. The van der Waals surface area contributed by atoms with E-state index in [9.17, 15) is 19.8 Å². The highest BCUT2D eigenvalue weighted by Crippen LogP contribution is 2.68. The second-order valence-corrected chi connectivity index (χ2v) is 20.7. The molecule has 1 saturated carbocycles. The number of fused-ring (bicyclic) bond motifs is 6. The number of benzene rings is 2. The molecule has 18 nitrogen and oxygen atoms in total. The number of nitrogens with zero attached hydrogens (tertiary/aromatic N) is 4. The van der Waals surface area contributed by atoms with E-state index in [1.165, 1.54) is 14.2 Å². The fourth-order valence-electron chi connectivity index (χ4n) is 13.8. The number of likely N-dealkylation sites (N-methyl/N-ethyl adjacent to an activating group) is 2. The summed E-state index contributed by atoms with van der Waals surface area (Å²) in [7, 11) is 5.05. The number of para-hydroxylation sites is 1. The number of hydrogen-bond acceptors (Lipinski definition) is 15. The van der Waals surface area contributed by atoms with Gasteiger partial charge in [-0.1, -0.05) is 44.2 Å². The summed E-state index contributed by atoms with van der Waals surface area (Å²) in [5.74, 6) is -1.53. The van der Waals surface area contributed by atoms with Gasteiger partial charge in [-0.05, 0) is 88.3 Å². The average molecular weight is 952 g/mol. The Kier molecular flexibility index (Phi) is 12.7. The zero-order valence-corrected chi connectivity index (χ0v) is 40.4. The molecule has 3 fully saturated rings. The summed E-state index contributed by atoms with van der Waals surface area (Å²) >= 11 is 0. The van der Waals surface area contributed by atoms with Crippen molar-refractivity contribution in [2.24, 2.45) is 11.3 Å². The topological polar surface area (TPSA) is 232 Å². The molecule has 1 spiro atoms. The van der Waals surface area contributed by atoms with Crippen LogP contribution in [0.5, 0.6) is 5.75 Å². The van der Waals surface area contributed by atoms with Crippen LogP contribution in [0, 0.1) is 11.3 Å². The van der Waals surface area contributed by atoms with Gasteiger partial charge in [0.2, 0.25) is 5.60 Å². The van der Waals surface area contributed by atoms with Gasteiger partial charge in [-0.3, -0.25) is 33.4 Å². The van der Waals surface area contributed by atoms with Crippen LogP contribution in [0.3, 0.4) is 0 Å². The van der Waals surface area contributed by atoms with Crippen LogP contribution in [-0.2, 0) is 56.2 Å². The summed E-state index contributed by atoms with van der Waals surface area (Å²) in [6.45, 7) is 7.26. The quantitative estimate of drug-likeness (QED) is 0.0899. The van der Waals surface area contributed by atoms with E-state index in [4.69, 9.17) is 36.5 Å². The number of methoxy groups -OCH3 is 3. The van der Waals surface area contributed by atoms with Crippen molar-refractivity contribution in [1.29, 1.82) is 0 Å². The van der Waals surface area contributed by atoms with Crippen LogP contribution in [0.25, 0.3) is 10.9 Å². The van der Waals surface area contributed by atoms with E-state index in [0.29, 0.717) is 82.6 Å². The van der Waals surface area contributed by atoms with Gasteiger partial charge in [0, 0.05) is 84.0 Å². The lowest BCUT2D eigenvalue weighted by molar-refractivity contribution is -0.229. The molecule has 2 bridgehead atoms. The van der Waals surface area contributed by atoms with Crippen molar-refractivity contribution in [3.05, 3.63) is 70.9 Å². The van der Waals surface area contributed by atoms with Crippen molar-refractivity contribution in [2.75, 3.05) is 86.6 Å². The van der Waals surface area contributed by atoms with Gasteiger partial charge in [0.25, 0.3) is 0 Å². The van der Waals surface area contributed by atoms with E-state index in [1.807, 2.05) is 50.1 Å². The Balaban J connectivity index is 0.00000116. The van der Waals surface area contributed by atoms with Crippen molar-refractivity contribution in [3.63, 3.8) is 0 Å². The SMILES string of the molecule is CC[C@]1(O)C[C@H]2C[N@](CCc3c([nH]c4ccccc34)[C@@](C(=O)OC)(c3cc4c(cc3OC)N(C)[C@H]3[C@@](O)(C(=O)OC)[C@H](OC(=O)CN(C)C)[C@]5(CC)C=CCN6CC[C@]43[C@@H]65)C2)C1.O=S(=O)(O)O. The predicted octanol–water partition coefficient (Wildman–Crippen LogP) is 2.88. The molecule has 6 aliphatic rings. The average Bonchev–Trinajstić information content (AvgIpc) is 3.94. The summed E-state index contributed by atoms with van der Waals surface area (Å²) in [5, 5.41) is 26.6. The molecule has 67 heavy (non-hydrogen) atoms. The first kappa shape index (κ1) is 48.8. The largest absolute Gasteiger partial charge is 0.496 e. The molecule has 19 heteroatoms. The smallest absolute Gasteiger partial charge is 0.394 e. The van der Waals surface area contributed by atoms with Crippen molar-refractivity contribution in [1.82, 2.24) is 19.7 Å². The molecule has 2 aromatic carbocycles. The van der Waals surface area contributed by atoms with Gasteiger partial charge >= 0.3 is 28.3 Å². The number of H-pyrrole nitrogens is 1. The number of rotatable bonds is 9. The Morgan fingerprint density at radius 3 is 2.28 bits per heavy atom.